The highest BCUT2D eigenvalue weighted by Crippen LogP contribution is 2.42. The van der Waals surface area contributed by atoms with Crippen molar-refractivity contribution in [2.24, 2.45) is 5.92 Å². The third kappa shape index (κ3) is 3.29. The standard InChI is InChI=1S/C17H33N3O/c1-19(2)16(9-4-10-16)11-20(3)12-17(13-21,14-5-6-14)18-15-7-8-15/h14-15,18,21H,4-13H2,1-3H3. The lowest BCUT2D eigenvalue weighted by atomic mass is 9.75. The highest BCUT2D eigenvalue weighted by Gasteiger charge is 2.49. The van der Waals surface area contributed by atoms with Crippen LogP contribution in [0.5, 0.6) is 0 Å². The fourth-order valence-corrected chi connectivity index (χ4v) is 4.16. The maximum atomic E-state index is 10.1. The van der Waals surface area contributed by atoms with Crippen LogP contribution in [-0.4, -0.2) is 72.9 Å². The number of hydrogen-bond acceptors (Lipinski definition) is 4. The van der Waals surface area contributed by atoms with Crippen LogP contribution in [0.15, 0.2) is 0 Å². The number of likely N-dealkylation sites (N-methyl/N-ethyl adjacent to an activating group) is 2. The predicted octanol–water partition coefficient (Wildman–Crippen LogP) is 1.30. The van der Waals surface area contributed by atoms with E-state index < -0.39 is 0 Å². The first-order valence-electron chi connectivity index (χ1n) is 8.74. The molecular weight excluding hydrogens is 262 g/mol. The SMILES string of the molecule is CN(CC(CO)(NC1CC1)C1CC1)CC1(N(C)C)CCC1. The molecule has 1 unspecified atom stereocenters. The molecule has 0 aromatic carbocycles. The molecule has 4 heteroatoms. The Balaban J connectivity index is 1.61. The van der Waals surface area contributed by atoms with Crippen LogP contribution in [0.1, 0.15) is 44.9 Å². The highest BCUT2D eigenvalue weighted by atomic mass is 16.3. The minimum atomic E-state index is -0.0484. The Morgan fingerprint density at radius 2 is 1.81 bits per heavy atom. The van der Waals surface area contributed by atoms with Crippen molar-refractivity contribution >= 4 is 0 Å². The third-order valence-electron chi connectivity index (χ3n) is 6.06. The molecule has 122 valence electrons. The van der Waals surface area contributed by atoms with Gasteiger partial charge >= 0.3 is 0 Å². The van der Waals surface area contributed by atoms with E-state index in [9.17, 15) is 5.11 Å². The van der Waals surface area contributed by atoms with Gasteiger partial charge in [-0.2, -0.15) is 0 Å². The molecule has 3 saturated carbocycles. The molecule has 0 spiro atoms. The van der Waals surface area contributed by atoms with Gasteiger partial charge in [0.05, 0.1) is 12.1 Å². The average molecular weight is 295 g/mol. The van der Waals surface area contributed by atoms with E-state index >= 15 is 0 Å². The van der Waals surface area contributed by atoms with Crippen LogP contribution in [-0.2, 0) is 0 Å². The van der Waals surface area contributed by atoms with Crippen molar-refractivity contribution in [3.63, 3.8) is 0 Å². The van der Waals surface area contributed by atoms with E-state index in [0.29, 0.717) is 17.5 Å². The zero-order valence-electron chi connectivity index (χ0n) is 14.1. The first-order valence-corrected chi connectivity index (χ1v) is 8.74. The summed E-state index contributed by atoms with van der Waals surface area (Å²) in [5.41, 5.74) is 0.326. The van der Waals surface area contributed by atoms with E-state index in [2.05, 4.69) is 36.3 Å². The van der Waals surface area contributed by atoms with E-state index in [4.69, 9.17) is 0 Å². The largest absolute Gasteiger partial charge is 0.394 e. The number of aliphatic hydroxyl groups excluding tert-OH is 1. The first kappa shape index (κ1) is 15.7. The van der Waals surface area contributed by atoms with E-state index in [1.54, 1.807) is 0 Å². The zero-order chi connectivity index (χ0) is 15.1. The summed E-state index contributed by atoms with van der Waals surface area (Å²) in [5.74, 6) is 0.683. The van der Waals surface area contributed by atoms with E-state index in [1.807, 2.05) is 0 Å². The third-order valence-corrected chi connectivity index (χ3v) is 6.06. The predicted molar refractivity (Wildman–Crippen MR) is 86.5 cm³/mol. The van der Waals surface area contributed by atoms with Crippen molar-refractivity contribution in [2.45, 2.75) is 62.1 Å². The monoisotopic (exact) mass is 295 g/mol. The van der Waals surface area contributed by atoms with Crippen LogP contribution >= 0.6 is 0 Å². The molecule has 0 aromatic heterocycles. The van der Waals surface area contributed by atoms with Crippen LogP contribution in [0.3, 0.4) is 0 Å². The Hall–Kier alpha value is -0.160. The number of nitrogens with zero attached hydrogens (tertiary/aromatic N) is 2. The lowest BCUT2D eigenvalue weighted by Gasteiger charge is -2.50. The molecule has 3 aliphatic carbocycles. The van der Waals surface area contributed by atoms with Crippen molar-refractivity contribution in [2.75, 3.05) is 40.8 Å². The van der Waals surface area contributed by atoms with Gasteiger partial charge in [0.2, 0.25) is 0 Å². The van der Waals surface area contributed by atoms with Crippen LogP contribution in [0.2, 0.25) is 0 Å². The van der Waals surface area contributed by atoms with Crippen molar-refractivity contribution in [1.82, 2.24) is 15.1 Å². The van der Waals surface area contributed by atoms with Gasteiger partial charge < -0.3 is 20.2 Å². The summed E-state index contributed by atoms with van der Waals surface area (Å²) in [4.78, 5) is 4.89. The lowest BCUT2D eigenvalue weighted by Crippen LogP contribution is -2.62. The molecule has 21 heavy (non-hydrogen) atoms. The molecule has 0 radical (unpaired) electrons. The number of rotatable bonds is 9. The van der Waals surface area contributed by atoms with Gasteiger partial charge in [0.1, 0.15) is 0 Å². The molecule has 4 nitrogen and oxygen atoms in total. The Labute approximate surface area is 129 Å². The molecule has 2 N–H and O–H groups in total. The quantitative estimate of drug-likeness (QED) is 0.672. The molecule has 3 aliphatic rings. The van der Waals surface area contributed by atoms with Crippen LogP contribution in [0.25, 0.3) is 0 Å². The van der Waals surface area contributed by atoms with Gasteiger partial charge in [0.25, 0.3) is 0 Å². The fraction of sp³-hybridized carbons (Fsp3) is 1.00. The Kier molecular flexibility index (Phi) is 4.34. The van der Waals surface area contributed by atoms with Gasteiger partial charge in [0, 0.05) is 24.7 Å². The molecule has 0 amide bonds. The smallest absolute Gasteiger partial charge is 0.0628 e. The van der Waals surface area contributed by atoms with E-state index in [0.717, 1.165) is 13.1 Å². The second kappa shape index (κ2) is 5.80. The molecule has 3 fully saturated rings. The van der Waals surface area contributed by atoms with E-state index in [1.165, 1.54) is 44.9 Å². The molecule has 1 atom stereocenters. The van der Waals surface area contributed by atoms with Crippen molar-refractivity contribution < 1.29 is 5.11 Å². The topological polar surface area (TPSA) is 38.7 Å². The minimum Gasteiger partial charge on any atom is -0.394 e. The van der Waals surface area contributed by atoms with E-state index in [-0.39, 0.29) is 12.1 Å². The normalized spacial score (nSPS) is 27.7. The van der Waals surface area contributed by atoms with Crippen molar-refractivity contribution in [3.8, 4) is 0 Å². The number of aliphatic hydroxyl groups is 1. The molecular formula is C17H33N3O. The van der Waals surface area contributed by atoms with Gasteiger partial charge in [-0.25, -0.2) is 0 Å². The van der Waals surface area contributed by atoms with Gasteiger partial charge in [0.15, 0.2) is 0 Å². The Morgan fingerprint density at radius 3 is 2.19 bits per heavy atom. The van der Waals surface area contributed by atoms with Crippen LogP contribution in [0, 0.1) is 5.92 Å². The van der Waals surface area contributed by atoms with Crippen LogP contribution < -0.4 is 5.32 Å². The zero-order valence-corrected chi connectivity index (χ0v) is 14.1. The Bertz CT molecular complexity index is 361. The van der Waals surface area contributed by atoms with Crippen molar-refractivity contribution in [3.05, 3.63) is 0 Å². The molecule has 0 saturated heterocycles. The lowest BCUT2D eigenvalue weighted by molar-refractivity contribution is 0.0112. The summed E-state index contributed by atoms with van der Waals surface area (Å²) in [6.07, 6.45) is 9.14. The second-order valence-electron chi connectivity index (χ2n) is 8.15. The van der Waals surface area contributed by atoms with Crippen LogP contribution in [0.4, 0.5) is 0 Å². The molecule has 0 heterocycles. The summed E-state index contributed by atoms with van der Waals surface area (Å²) in [7, 11) is 6.68. The summed E-state index contributed by atoms with van der Waals surface area (Å²) in [6.45, 7) is 2.40. The minimum absolute atomic E-state index is 0.0484. The van der Waals surface area contributed by atoms with Gasteiger partial charge in [-0.15, -0.1) is 0 Å². The van der Waals surface area contributed by atoms with Gasteiger partial charge in [-0.05, 0) is 72.0 Å². The second-order valence-corrected chi connectivity index (χ2v) is 8.15. The highest BCUT2D eigenvalue weighted by molar-refractivity contribution is 5.07. The maximum Gasteiger partial charge on any atom is 0.0628 e. The molecule has 0 aliphatic heterocycles. The van der Waals surface area contributed by atoms with Gasteiger partial charge in [-0.1, -0.05) is 0 Å². The molecule has 0 bridgehead atoms. The summed E-state index contributed by atoms with van der Waals surface area (Å²) < 4.78 is 0. The average Bonchev–Trinajstić information content (AvgIpc) is 3.24. The fourth-order valence-electron chi connectivity index (χ4n) is 4.16. The molecule has 0 aromatic rings. The summed E-state index contributed by atoms with van der Waals surface area (Å²) in [6, 6.07) is 0.665. The number of nitrogens with one attached hydrogen (secondary N) is 1. The van der Waals surface area contributed by atoms with Gasteiger partial charge in [-0.3, -0.25) is 0 Å². The first-order chi connectivity index (χ1) is 10.00. The summed E-state index contributed by atoms with van der Waals surface area (Å²) in [5, 5.41) is 13.9. The van der Waals surface area contributed by atoms with Crippen molar-refractivity contribution in [1.29, 1.82) is 0 Å². The summed E-state index contributed by atoms with van der Waals surface area (Å²) >= 11 is 0. The molecule has 3 rings (SSSR count). The maximum absolute atomic E-state index is 10.1. The number of hydrogen-bond donors (Lipinski definition) is 2. The Morgan fingerprint density at radius 1 is 1.14 bits per heavy atom.